The van der Waals surface area contributed by atoms with Crippen molar-refractivity contribution in [1.82, 2.24) is 29.1 Å². The zero-order valence-corrected chi connectivity index (χ0v) is 25.0. The van der Waals surface area contributed by atoms with Crippen molar-refractivity contribution < 1.29 is 14.7 Å². The van der Waals surface area contributed by atoms with E-state index in [2.05, 4.69) is 46.0 Å². The quantitative estimate of drug-likeness (QED) is 0.243. The molecule has 44 heavy (non-hydrogen) atoms. The lowest BCUT2D eigenvalue weighted by Gasteiger charge is -2.24. The first-order chi connectivity index (χ1) is 21.1. The van der Waals surface area contributed by atoms with Gasteiger partial charge in [-0.2, -0.15) is 0 Å². The Bertz CT molecular complexity index is 1840. The van der Waals surface area contributed by atoms with Gasteiger partial charge in [0.15, 0.2) is 11.5 Å². The molecule has 5 rings (SSSR count). The van der Waals surface area contributed by atoms with Crippen LogP contribution >= 0.6 is 0 Å². The van der Waals surface area contributed by atoms with Crippen LogP contribution in [0.4, 0.5) is 11.5 Å². The number of carboxylic acids is 1. The molecule has 0 fully saturated rings. The molecule has 12 heteroatoms. The highest BCUT2D eigenvalue weighted by atomic mass is 16.4. The van der Waals surface area contributed by atoms with Gasteiger partial charge in [0.25, 0.3) is 5.91 Å². The first-order valence-corrected chi connectivity index (χ1v) is 14.2. The number of rotatable bonds is 10. The lowest BCUT2D eigenvalue weighted by molar-refractivity contribution is -0.137. The highest BCUT2D eigenvalue weighted by molar-refractivity contribution is 6.07. The minimum absolute atomic E-state index is 0.114. The van der Waals surface area contributed by atoms with Crippen molar-refractivity contribution in [3.63, 3.8) is 0 Å². The molecule has 2 N–H and O–H groups in total. The zero-order chi connectivity index (χ0) is 31.4. The predicted molar refractivity (Wildman–Crippen MR) is 167 cm³/mol. The standard InChI is InChI=1S/C32H34N8O4/c1-5-38(29(41)22-12-15-33-16-13-22)26-18-34-20-36-27(26)37-24(30(42)43)17-21-8-10-23(11-9-21)40-28-25(7-6-14-35-28)39(31(40)44)19-32(2,3)4/h6-16,18,20,24H,5,17,19H2,1-4H3,(H,42,43)(H,34,36,37)/t24-/m0/s1. The van der Waals surface area contributed by atoms with Crippen LogP contribution in [-0.2, 0) is 17.8 Å². The minimum Gasteiger partial charge on any atom is -0.480 e. The molecule has 0 aliphatic rings. The van der Waals surface area contributed by atoms with E-state index in [4.69, 9.17) is 0 Å². The highest BCUT2D eigenvalue weighted by Crippen LogP contribution is 2.26. The maximum atomic E-state index is 13.5. The van der Waals surface area contributed by atoms with Crippen LogP contribution in [0, 0.1) is 5.41 Å². The summed E-state index contributed by atoms with van der Waals surface area (Å²) in [6, 6.07) is 13.0. The van der Waals surface area contributed by atoms with Crippen molar-refractivity contribution in [1.29, 1.82) is 0 Å². The van der Waals surface area contributed by atoms with E-state index in [0.29, 0.717) is 35.7 Å². The highest BCUT2D eigenvalue weighted by Gasteiger charge is 2.25. The van der Waals surface area contributed by atoms with Gasteiger partial charge in [-0.25, -0.2) is 29.1 Å². The van der Waals surface area contributed by atoms with E-state index in [1.54, 1.807) is 51.7 Å². The number of carbonyl (C=O) groups is 2. The number of aromatic nitrogens is 6. The number of fused-ring (bicyclic) bond motifs is 1. The number of hydrogen-bond acceptors (Lipinski definition) is 8. The van der Waals surface area contributed by atoms with E-state index in [0.717, 1.165) is 11.1 Å². The van der Waals surface area contributed by atoms with E-state index in [1.807, 2.05) is 19.1 Å². The van der Waals surface area contributed by atoms with Crippen LogP contribution in [0.1, 0.15) is 43.6 Å². The summed E-state index contributed by atoms with van der Waals surface area (Å²) in [5, 5.41) is 13.1. The second kappa shape index (κ2) is 12.5. The second-order valence-corrected chi connectivity index (χ2v) is 11.6. The Hall–Kier alpha value is -5.39. The molecular weight excluding hydrogens is 560 g/mol. The van der Waals surface area contributed by atoms with Gasteiger partial charge in [-0.1, -0.05) is 32.9 Å². The summed E-state index contributed by atoms with van der Waals surface area (Å²) in [6.45, 7) is 8.87. The number of anilines is 2. The maximum Gasteiger partial charge on any atom is 0.334 e. The van der Waals surface area contributed by atoms with E-state index in [1.165, 1.54) is 29.8 Å². The molecule has 0 saturated carbocycles. The van der Waals surface area contributed by atoms with Crippen molar-refractivity contribution in [2.75, 3.05) is 16.8 Å². The number of nitrogens with one attached hydrogen (secondary N) is 1. The number of carbonyl (C=O) groups excluding carboxylic acids is 1. The number of nitrogens with zero attached hydrogens (tertiary/aromatic N) is 7. The number of amides is 1. The molecule has 0 radical (unpaired) electrons. The molecule has 0 aliphatic heterocycles. The second-order valence-electron chi connectivity index (χ2n) is 11.6. The Morgan fingerprint density at radius 1 is 1.00 bits per heavy atom. The molecule has 0 spiro atoms. The summed E-state index contributed by atoms with van der Waals surface area (Å²) < 4.78 is 3.31. The maximum absolute atomic E-state index is 13.5. The molecule has 4 aromatic heterocycles. The van der Waals surface area contributed by atoms with Crippen LogP contribution in [0.25, 0.3) is 16.9 Å². The minimum atomic E-state index is -1.09. The summed E-state index contributed by atoms with van der Waals surface area (Å²) in [5.41, 5.74) is 3.13. The third kappa shape index (κ3) is 6.33. The Morgan fingerprint density at radius 3 is 2.39 bits per heavy atom. The summed E-state index contributed by atoms with van der Waals surface area (Å²) in [7, 11) is 0. The largest absolute Gasteiger partial charge is 0.480 e. The van der Waals surface area contributed by atoms with Crippen LogP contribution in [0.3, 0.4) is 0 Å². The van der Waals surface area contributed by atoms with Crippen LogP contribution in [0.2, 0.25) is 0 Å². The zero-order valence-electron chi connectivity index (χ0n) is 25.0. The molecule has 226 valence electrons. The normalized spacial score (nSPS) is 12.2. The molecule has 0 aliphatic carbocycles. The van der Waals surface area contributed by atoms with Gasteiger partial charge in [0.2, 0.25) is 0 Å². The Balaban J connectivity index is 1.40. The third-order valence-electron chi connectivity index (χ3n) is 7.04. The molecule has 5 aromatic rings. The number of carboxylic acid groups (broad SMARTS) is 1. The van der Waals surface area contributed by atoms with Crippen LogP contribution in [0.5, 0.6) is 0 Å². The summed E-state index contributed by atoms with van der Waals surface area (Å²) in [6.07, 6.45) is 7.61. The van der Waals surface area contributed by atoms with Gasteiger partial charge in [0, 0.05) is 43.7 Å². The van der Waals surface area contributed by atoms with E-state index in [-0.39, 0.29) is 29.3 Å². The Kier molecular flexibility index (Phi) is 8.52. The molecule has 1 amide bonds. The molecule has 4 heterocycles. The number of benzene rings is 1. The van der Waals surface area contributed by atoms with E-state index < -0.39 is 12.0 Å². The lowest BCUT2D eigenvalue weighted by Crippen LogP contribution is -2.35. The van der Waals surface area contributed by atoms with Gasteiger partial charge in [-0.3, -0.25) is 14.3 Å². The Morgan fingerprint density at radius 2 is 1.73 bits per heavy atom. The van der Waals surface area contributed by atoms with Gasteiger partial charge < -0.3 is 15.3 Å². The monoisotopic (exact) mass is 594 g/mol. The van der Waals surface area contributed by atoms with Crippen molar-refractivity contribution in [3.8, 4) is 5.69 Å². The average Bonchev–Trinajstić information content (AvgIpc) is 3.28. The van der Waals surface area contributed by atoms with Gasteiger partial charge in [0.05, 0.1) is 17.4 Å². The van der Waals surface area contributed by atoms with Gasteiger partial charge in [-0.05, 0) is 54.3 Å². The van der Waals surface area contributed by atoms with Crippen molar-refractivity contribution >= 4 is 34.5 Å². The topological polar surface area (TPSA) is 148 Å². The smallest absolute Gasteiger partial charge is 0.334 e. The Labute approximate surface area is 254 Å². The van der Waals surface area contributed by atoms with Gasteiger partial charge >= 0.3 is 11.7 Å². The van der Waals surface area contributed by atoms with Gasteiger partial charge in [-0.15, -0.1) is 0 Å². The lowest BCUT2D eigenvalue weighted by atomic mass is 9.97. The predicted octanol–water partition coefficient (Wildman–Crippen LogP) is 4.19. The SMILES string of the molecule is CCN(C(=O)c1ccncc1)c1cncnc1N[C@@H](Cc1ccc(-n2c(=O)n(CC(C)(C)C)c3cccnc32)cc1)C(=O)O. The fourth-order valence-corrected chi connectivity index (χ4v) is 5.03. The number of imidazole rings is 1. The summed E-state index contributed by atoms with van der Waals surface area (Å²) in [4.78, 5) is 57.4. The first kappa shape index (κ1) is 30.1. The first-order valence-electron chi connectivity index (χ1n) is 14.2. The van der Waals surface area contributed by atoms with E-state index >= 15 is 0 Å². The molecule has 1 aromatic carbocycles. The van der Waals surface area contributed by atoms with Crippen LogP contribution < -0.4 is 15.9 Å². The van der Waals surface area contributed by atoms with E-state index in [9.17, 15) is 19.5 Å². The summed E-state index contributed by atoms with van der Waals surface area (Å²) in [5.74, 6) is -1.16. The molecule has 0 bridgehead atoms. The molecule has 0 unspecified atom stereocenters. The average molecular weight is 595 g/mol. The fourth-order valence-electron chi connectivity index (χ4n) is 5.03. The number of hydrogen-bond donors (Lipinski definition) is 2. The molecule has 0 saturated heterocycles. The number of pyridine rings is 2. The van der Waals surface area contributed by atoms with Gasteiger partial charge in [0.1, 0.15) is 18.1 Å². The summed E-state index contributed by atoms with van der Waals surface area (Å²) >= 11 is 0. The molecule has 12 nitrogen and oxygen atoms in total. The van der Waals surface area contributed by atoms with Crippen molar-refractivity contribution in [2.45, 2.75) is 46.7 Å². The molecular formula is C32H34N8O4. The fraction of sp³-hybridized carbons (Fsp3) is 0.281. The molecule has 1 atom stereocenters. The van der Waals surface area contributed by atoms with Crippen molar-refractivity contribution in [3.05, 3.63) is 101 Å². The van der Waals surface area contributed by atoms with Crippen LogP contribution in [-0.4, -0.2) is 58.6 Å². The van der Waals surface area contributed by atoms with Crippen molar-refractivity contribution in [2.24, 2.45) is 5.41 Å². The number of aliphatic carboxylic acids is 1. The van der Waals surface area contributed by atoms with Crippen LogP contribution in [0.15, 0.2) is 84.4 Å². The third-order valence-corrected chi connectivity index (χ3v) is 7.04.